The first kappa shape index (κ1) is 18.9. The molecule has 2 aromatic carbocycles. The largest absolute Gasteiger partial charge is 0.324 e. The van der Waals surface area contributed by atoms with Crippen LogP contribution < -0.4 is 10.9 Å². The molecule has 0 bridgehead atoms. The minimum absolute atomic E-state index is 0.219. The minimum Gasteiger partial charge on any atom is -0.324 e. The van der Waals surface area contributed by atoms with E-state index in [1.165, 1.54) is 18.2 Å². The van der Waals surface area contributed by atoms with Crippen LogP contribution in [0.25, 0.3) is 16.6 Å². The van der Waals surface area contributed by atoms with Crippen molar-refractivity contribution in [2.75, 3.05) is 5.32 Å². The van der Waals surface area contributed by atoms with Crippen molar-refractivity contribution in [3.05, 3.63) is 76.0 Å². The Hall–Kier alpha value is -3.48. The van der Waals surface area contributed by atoms with Gasteiger partial charge in [-0.1, -0.05) is 19.1 Å². The highest BCUT2D eigenvalue weighted by molar-refractivity contribution is 5.98. The summed E-state index contributed by atoms with van der Waals surface area (Å²) in [5.74, 6) is -0.566. The van der Waals surface area contributed by atoms with E-state index >= 15 is 0 Å². The number of aryl methyl sites for hydroxylation is 2. The first-order chi connectivity index (χ1) is 13.9. The number of aromatic nitrogens is 3. The van der Waals surface area contributed by atoms with Gasteiger partial charge in [0.05, 0.1) is 5.52 Å². The van der Waals surface area contributed by atoms with Crippen LogP contribution in [0.1, 0.15) is 30.6 Å². The highest BCUT2D eigenvalue weighted by Gasteiger charge is 2.25. The third kappa shape index (κ3) is 3.18. The summed E-state index contributed by atoms with van der Waals surface area (Å²) >= 11 is 0. The van der Waals surface area contributed by atoms with Crippen molar-refractivity contribution in [2.24, 2.45) is 0 Å². The van der Waals surface area contributed by atoms with Gasteiger partial charge in [0.25, 0.3) is 5.56 Å². The predicted molar refractivity (Wildman–Crippen MR) is 111 cm³/mol. The van der Waals surface area contributed by atoms with Gasteiger partial charge in [0.15, 0.2) is 5.65 Å². The average molecular weight is 392 g/mol. The van der Waals surface area contributed by atoms with Crippen LogP contribution in [0.2, 0.25) is 0 Å². The number of nitrogens with zero attached hydrogens (tertiary/aromatic N) is 3. The standard InChI is InChI=1S/C22H21FN4O2/c1-4-18(22(29)24-17-10-9-15(23)11-13(17)2)27-19-8-6-5-7-16(19)21-25-20(28)12-14(3)26(21)27/h5-12,18H,4H2,1-3H3,(H,24,29)/t18-/m0/s1. The molecule has 2 heterocycles. The van der Waals surface area contributed by atoms with Gasteiger partial charge in [-0.3, -0.25) is 14.3 Å². The number of hydrogen-bond acceptors (Lipinski definition) is 3. The molecular formula is C22H21FN4O2. The Labute approximate surface area is 166 Å². The summed E-state index contributed by atoms with van der Waals surface area (Å²) in [7, 11) is 0. The number of halogens is 1. The number of amides is 1. The molecule has 1 N–H and O–H groups in total. The molecule has 0 aliphatic rings. The van der Waals surface area contributed by atoms with E-state index in [1.807, 2.05) is 47.3 Å². The van der Waals surface area contributed by atoms with Crippen molar-refractivity contribution in [1.82, 2.24) is 14.2 Å². The van der Waals surface area contributed by atoms with Crippen molar-refractivity contribution >= 4 is 28.1 Å². The second kappa shape index (κ2) is 7.16. The first-order valence-corrected chi connectivity index (χ1v) is 9.47. The van der Waals surface area contributed by atoms with E-state index < -0.39 is 6.04 Å². The molecule has 4 aromatic rings. The van der Waals surface area contributed by atoms with Crippen molar-refractivity contribution in [3.63, 3.8) is 0 Å². The molecule has 148 valence electrons. The molecule has 0 aliphatic heterocycles. The molecule has 0 spiro atoms. The smallest absolute Gasteiger partial charge is 0.273 e. The van der Waals surface area contributed by atoms with Crippen LogP contribution >= 0.6 is 0 Å². The van der Waals surface area contributed by atoms with Crippen LogP contribution in [0.4, 0.5) is 10.1 Å². The summed E-state index contributed by atoms with van der Waals surface area (Å²) < 4.78 is 17.1. The zero-order valence-corrected chi connectivity index (χ0v) is 16.4. The maximum atomic E-state index is 13.4. The molecule has 4 rings (SSSR count). The van der Waals surface area contributed by atoms with E-state index in [0.717, 1.165) is 10.9 Å². The number of benzene rings is 2. The Bertz CT molecular complexity index is 1310. The van der Waals surface area contributed by atoms with Crippen LogP contribution in [-0.4, -0.2) is 20.1 Å². The zero-order chi connectivity index (χ0) is 20.7. The number of hydrogen-bond donors (Lipinski definition) is 1. The monoisotopic (exact) mass is 392 g/mol. The number of nitrogens with one attached hydrogen (secondary N) is 1. The van der Waals surface area contributed by atoms with E-state index in [9.17, 15) is 14.0 Å². The molecule has 0 unspecified atom stereocenters. The van der Waals surface area contributed by atoms with Gasteiger partial charge < -0.3 is 5.32 Å². The second-order valence-electron chi connectivity index (χ2n) is 7.11. The van der Waals surface area contributed by atoms with Crippen LogP contribution in [0.3, 0.4) is 0 Å². The summed E-state index contributed by atoms with van der Waals surface area (Å²) in [5, 5.41) is 3.72. The molecule has 0 aliphatic carbocycles. The highest BCUT2D eigenvalue weighted by Crippen LogP contribution is 2.27. The van der Waals surface area contributed by atoms with Crippen LogP contribution in [0.5, 0.6) is 0 Å². The van der Waals surface area contributed by atoms with Crippen molar-refractivity contribution in [1.29, 1.82) is 0 Å². The number of anilines is 1. The summed E-state index contributed by atoms with van der Waals surface area (Å²) in [4.78, 5) is 29.4. The molecule has 7 heteroatoms. The number of carbonyl (C=O) groups excluding carboxylic acids is 1. The Morgan fingerprint density at radius 1 is 1.17 bits per heavy atom. The number of rotatable bonds is 4. The van der Waals surface area contributed by atoms with Gasteiger partial charge in [0.1, 0.15) is 11.9 Å². The van der Waals surface area contributed by atoms with Gasteiger partial charge in [-0.15, -0.1) is 0 Å². The zero-order valence-electron chi connectivity index (χ0n) is 16.4. The fourth-order valence-corrected chi connectivity index (χ4v) is 3.77. The van der Waals surface area contributed by atoms with Crippen molar-refractivity contribution in [2.45, 2.75) is 33.2 Å². The molecule has 6 nitrogen and oxygen atoms in total. The molecule has 1 amide bonds. The van der Waals surface area contributed by atoms with Gasteiger partial charge in [-0.2, -0.15) is 4.98 Å². The van der Waals surface area contributed by atoms with E-state index in [-0.39, 0.29) is 17.3 Å². The molecule has 0 radical (unpaired) electrons. The molecule has 0 saturated heterocycles. The lowest BCUT2D eigenvalue weighted by Gasteiger charge is -2.21. The Morgan fingerprint density at radius 2 is 1.93 bits per heavy atom. The average Bonchev–Trinajstić information content (AvgIpc) is 3.00. The fourth-order valence-electron chi connectivity index (χ4n) is 3.77. The second-order valence-corrected chi connectivity index (χ2v) is 7.11. The molecule has 2 aromatic heterocycles. The minimum atomic E-state index is -0.551. The van der Waals surface area contributed by atoms with E-state index in [0.29, 0.717) is 29.0 Å². The SMILES string of the molecule is CC[C@@H](C(=O)Nc1ccc(F)cc1C)n1c2ccccc2c2nc(=O)cc(C)n21. The topological polar surface area (TPSA) is 68.4 Å². The van der Waals surface area contributed by atoms with Gasteiger partial charge in [0, 0.05) is 22.8 Å². The van der Waals surface area contributed by atoms with Crippen molar-refractivity contribution < 1.29 is 9.18 Å². The molecular weight excluding hydrogens is 371 g/mol. The van der Waals surface area contributed by atoms with Gasteiger partial charge in [-0.05, 0) is 56.2 Å². The predicted octanol–water partition coefficient (Wildman–Crippen LogP) is 3.99. The third-order valence-corrected chi connectivity index (χ3v) is 5.12. The molecule has 1 atom stereocenters. The Kier molecular flexibility index (Phi) is 4.66. The van der Waals surface area contributed by atoms with E-state index in [2.05, 4.69) is 10.3 Å². The summed E-state index contributed by atoms with van der Waals surface area (Å²) in [6.45, 7) is 5.49. The number of para-hydroxylation sites is 1. The van der Waals surface area contributed by atoms with Gasteiger partial charge in [0.2, 0.25) is 5.91 Å². The maximum absolute atomic E-state index is 13.4. The van der Waals surface area contributed by atoms with E-state index in [4.69, 9.17) is 0 Å². The number of fused-ring (bicyclic) bond motifs is 3. The molecule has 0 fully saturated rings. The quantitative estimate of drug-likeness (QED) is 0.571. The first-order valence-electron chi connectivity index (χ1n) is 9.47. The molecule has 0 saturated carbocycles. The lowest BCUT2D eigenvalue weighted by Crippen LogP contribution is -2.29. The lowest BCUT2D eigenvalue weighted by molar-refractivity contribution is -0.119. The lowest BCUT2D eigenvalue weighted by atomic mass is 10.1. The van der Waals surface area contributed by atoms with E-state index in [1.54, 1.807) is 13.0 Å². The maximum Gasteiger partial charge on any atom is 0.273 e. The van der Waals surface area contributed by atoms with Gasteiger partial charge >= 0.3 is 0 Å². The molecule has 29 heavy (non-hydrogen) atoms. The fraction of sp³-hybridized carbons (Fsp3) is 0.227. The normalized spacial score (nSPS) is 12.4. The van der Waals surface area contributed by atoms with Crippen LogP contribution in [-0.2, 0) is 4.79 Å². The third-order valence-electron chi connectivity index (χ3n) is 5.12. The Balaban J connectivity index is 1.88. The number of carbonyl (C=O) groups is 1. The summed E-state index contributed by atoms with van der Waals surface area (Å²) in [5.41, 5.74) is 2.93. The van der Waals surface area contributed by atoms with Crippen molar-refractivity contribution in [3.8, 4) is 0 Å². The highest BCUT2D eigenvalue weighted by atomic mass is 19.1. The Morgan fingerprint density at radius 3 is 2.66 bits per heavy atom. The summed E-state index contributed by atoms with van der Waals surface area (Å²) in [6, 6.07) is 12.7. The van der Waals surface area contributed by atoms with Crippen LogP contribution in [0, 0.1) is 19.7 Å². The van der Waals surface area contributed by atoms with Crippen LogP contribution in [0.15, 0.2) is 53.3 Å². The van der Waals surface area contributed by atoms with Gasteiger partial charge in [-0.25, -0.2) is 8.91 Å². The summed E-state index contributed by atoms with van der Waals surface area (Å²) in [6.07, 6.45) is 0.519.